The number of benzene rings is 2. The zero-order valence-electron chi connectivity index (χ0n) is 11.0. The first-order valence-corrected chi connectivity index (χ1v) is 8.23. The first-order valence-electron chi connectivity index (χ1n) is 6.36. The molecule has 0 aliphatic heterocycles. The normalized spacial score (nSPS) is 10.7. The minimum Gasteiger partial charge on any atom is -0.325 e. The smallest absolute Gasteiger partial charge is 0.234 e. The summed E-state index contributed by atoms with van der Waals surface area (Å²) in [5, 5.41) is 6.03. The van der Waals surface area contributed by atoms with Crippen molar-refractivity contribution in [3.8, 4) is 0 Å². The van der Waals surface area contributed by atoms with Crippen molar-refractivity contribution < 1.29 is 9.18 Å². The Morgan fingerprint density at radius 3 is 2.76 bits per heavy atom. The van der Waals surface area contributed by atoms with Crippen LogP contribution in [0.25, 0.3) is 10.1 Å². The van der Waals surface area contributed by atoms with Gasteiger partial charge in [0.25, 0.3) is 0 Å². The van der Waals surface area contributed by atoms with Gasteiger partial charge < -0.3 is 5.32 Å². The average Bonchev–Trinajstić information content (AvgIpc) is 2.94. The Hall–Kier alpha value is -1.85. The topological polar surface area (TPSA) is 29.1 Å². The molecule has 2 nitrogen and oxygen atoms in total. The molecule has 2 aromatic carbocycles. The van der Waals surface area contributed by atoms with Gasteiger partial charge in [0.15, 0.2) is 0 Å². The van der Waals surface area contributed by atoms with Gasteiger partial charge in [0.2, 0.25) is 5.91 Å². The van der Waals surface area contributed by atoms with Crippen LogP contribution < -0.4 is 5.32 Å². The Kier molecular flexibility index (Phi) is 4.22. The summed E-state index contributed by atoms with van der Waals surface area (Å²) in [6, 6.07) is 14.0. The third-order valence-electron chi connectivity index (χ3n) is 2.92. The van der Waals surface area contributed by atoms with E-state index in [2.05, 4.69) is 5.32 Å². The third kappa shape index (κ3) is 3.62. The number of thiophene rings is 1. The molecular formula is C16H12FNOS2. The van der Waals surface area contributed by atoms with Gasteiger partial charge in [-0.15, -0.1) is 23.1 Å². The van der Waals surface area contributed by atoms with Gasteiger partial charge in [0.05, 0.1) is 5.75 Å². The van der Waals surface area contributed by atoms with E-state index in [-0.39, 0.29) is 11.7 Å². The second kappa shape index (κ2) is 6.28. The number of rotatable bonds is 4. The summed E-state index contributed by atoms with van der Waals surface area (Å²) in [5.41, 5.74) is 0.797. The molecule has 0 unspecified atom stereocenters. The molecule has 0 spiro atoms. The number of hydrogen-bond acceptors (Lipinski definition) is 3. The van der Waals surface area contributed by atoms with Gasteiger partial charge in [0.1, 0.15) is 5.82 Å². The molecule has 1 heterocycles. The lowest BCUT2D eigenvalue weighted by molar-refractivity contribution is -0.113. The van der Waals surface area contributed by atoms with Crippen LogP contribution in [-0.2, 0) is 4.79 Å². The van der Waals surface area contributed by atoms with Crippen molar-refractivity contribution in [3.05, 3.63) is 59.7 Å². The van der Waals surface area contributed by atoms with Crippen LogP contribution in [-0.4, -0.2) is 11.7 Å². The summed E-state index contributed by atoms with van der Waals surface area (Å²) in [6.45, 7) is 0. The molecule has 0 bridgehead atoms. The van der Waals surface area contributed by atoms with E-state index in [0.29, 0.717) is 5.75 Å². The largest absolute Gasteiger partial charge is 0.325 e. The van der Waals surface area contributed by atoms with Gasteiger partial charge in [-0.25, -0.2) is 4.39 Å². The van der Waals surface area contributed by atoms with E-state index >= 15 is 0 Å². The second-order valence-electron chi connectivity index (χ2n) is 4.46. The van der Waals surface area contributed by atoms with Gasteiger partial charge in [-0.05, 0) is 59.3 Å². The average molecular weight is 317 g/mol. The number of carbonyl (C=O) groups excluding carboxylic acids is 1. The fourth-order valence-corrected chi connectivity index (χ4v) is 3.39. The summed E-state index contributed by atoms with van der Waals surface area (Å²) >= 11 is 3.06. The fraction of sp³-hybridized carbons (Fsp3) is 0.0625. The highest BCUT2D eigenvalue weighted by Gasteiger charge is 2.05. The highest BCUT2D eigenvalue weighted by atomic mass is 32.2. The zero-order valence-corrected chi connectivity index (χ0v) is 12.6. The number of thioether (sulfide) groups is 1. The number of nitrogens with one attached hydrogen (secondary N) is 1. The highest BCUT2D eigenvalue weighted by Crippen LogP contribution is 2.24. The molecule has 21 heavy (non-hydrogen) atoms. The molecule has 0 aliphatic rings. The van der Waals surface area contributed by atoms with E-state index in [1.54, 1.807) is 23.5 Å². The number of carbonyl (C=O) groups is 1. The lowest BCUT2D eigenvalue weighted by Crippen LogP contribution is -2.13. The molecule has 0 fully saturated rings. The van der Waals surface area contributed by atoms with Gasteiger partial charge in [0, 0.05) is 15.3 Å². The quantitative estimate of drug-likeness (QED) is 0.702. The SMILES string of the molecule is O=C(CSc1ccc(F)cc1)Nc1ccc2sccc2c1. The molecule has 1 aromatic heterocycles. The molecule has 1 amide bonds. The van der Waals surface area contributed by atoms with E-state index in [1.807, 2.05) is 29.6 Å². The van der Waals surface area contributed by atoms with Crippen molar-refractivity contribution in [1.82, 2.24) is 0 Å². The van der Waals surface area contributed by atoms with Gasteiger partial charge in [-0.1, -0.05) is 0 Å². The predicted molar refractivity (Wildman–Crippen MR) is 87.6 cm³/mol. The molecule has 0 aliphatic carbocycles. The highest BCUT2D eigenvalue weighted by molar-refractivity contribution is 8.00. The maximum atomic E-state index is 12.8. The maximum Gasteiger partial charge on any atom is 0.234 e. The lowest BCUT2D eigenvalue weighted by atomic mass is 10.2. The maximum absolute atomic E-state index is 12.8. The zero-order chi connectivity index (χ0) is 14.7. The van der Waals surface area contributed by atoms with Crippen LogP contribution in [0.2, 0.25) is 0 Å². The molecular weight excluding hydrogens is 305 g/mol. The Balaban J connectivity index is 1.59. The van der Waals surface area contributed by atoms with E-state index in [4.69, 9.17) is 0 Å². The minimum atomic E-state index is -0.270. The van der Waals surface area contributed by atoms with Crippen LogP contribution in [0.1, 0.15) is 0 Å². The molecule has 3 rings (SSSR count). The summed E-state index contributed by atoms with van der Waals surface area (Å²) in [5.74, 6) is -0.0420. The monoisotopic (exact) mass is 317 g/mol. The molecule has 1 N–H and O–H groups in total. The summed E-state index contributed by atoms with van der Waals surface area (Å²) in [4.78, 5) is 12.8. The predicted octanol–water partition coefficient (Wildman–Crippen LogP) is 4.77. The fourth-order valence-electron chi connectivity index (χ4n) is 1.92. The van der Waals surface area contributed by atoms with Crippen molar-refractivity contribution in [2.75, 3.05) is 11.1 Å². The summed E-state index contributed by atoms with van der Waals surface area (Å²) in [6.07, 6.45) is 0. The van der Waals surface area contributed by atoms with Crippen LogP contribution in [0.4, 0.5) is 10.1 Å². The van der Waals surface area contributed by atoms with Gasteiger partial charge in [-0.3, -0.25) is 4.79 Å². The van der Waals surface area contributed by atoms with Crippen LogP contribution in [0, 0.1) is 5.82 Å². The van der Waals surface area contributed by atoms with E-state index in [1.165, 1.54) is 28.6 Å². The molecule has 3 aromatic rings. The molecule has 0 saturated carbocycles. The van der Waals surface area contributed by atoms with Gasteiger partial charge in [-0.2, -0.15) is 0 Å². The van der Waals surface area contributed by atoms with Crippen LogP contribution in [0.15, 0.2) is 58.8 Å². The van der Waals surface area contributed by atoms with Crippen molar-refractivity contribution >= 4 is 44.8 Å². The Morgan fingerprint density at radius 2 is 1.95 bits per heavy atom. The van der Waals surface area contributed by atoms with E-state index < -0.39 is 0 Å². The van der Waals surface area contributed by atoms with Crippen molar-refractivity contribution in [3.63, 3.8) is 0 Å². The number of hydrogen-bond donors (Lipinski definition) is 1. The second-order valence-corrected chi connectivity index (χ2v) is 6.46. The molecule has 106 valence electrons. The number of halogens is 1. The first-order chi connectivity index (χ1) is 10.2. The number of anilines is 1. The van der Waals surface area contributed by atoms with Crippen molar-refractivity contribution in [1.29, 1.82) is 0 Å². The molecule has 0 radical (unpaired) electrons. The molecule has 0 atom stereocenters. The standard InChI is InChI=1S/C16H12FNOS2/c17-12-1-4-14(5-2-12)21-10-16(19)18-13-3-6-15-11(9-13)7-8-20-15/h1-9H,10H2,(H,18,19). The summed E-state index contributed by atoms with van der Waals surface area (Å²) < 4.78 is 14.0. The third-order valence-corrected chi connectivity index (χ3v) is 4.83. The molecule has 0 saturated heterocycles. The number of fused-ring (bicyclic) bond motifs is 1. The van der Waals surface area contributed by atoms with E-state index in [0.717, 1.165) is 16.0 Å². The Morgan fingerprint density at radius 1 is 1.14 bits per heavy atom. The van der Waals surface area contributed by atoms with E-state index in [9.17, 15) is 9.18 Å². The van der Waals surface area contributed by atoms with Crippen LogP contribution >= 0.6 is 23.1 Å². The lowest BCUT2D eigenvalue weighted by Gasteiger charge is -2.05. The van der Waals surface area contributed by atoms with Crippen LogP contribution in [0.3, 0.4) is 0 Å². The van der Waals surface area contributed by atoms with Crippen LogP contribution in [0.5, 0.6) is 0 Å². The van der Waals surface area contributed by atoms with Crippen molar-refractivity contribution in [2.24, 2.45) is 0 Å². The minimum absolute atomic E-state index is 0.0705. The number of amides is 1. The Labute approximate surface area is 130 Å². The van der Waals surface area contributed by atoms with Crippen molar-refractivity contribution in [2.45, 2.75) is 4.90 Å². The summed E-state index contributed by atoms with van der Waals surface area (Å²) in [7, 11) is 0. The Bertz CT molecular complexity index is 767. The molecule has 5 heteroatoms. The first kappa shape index (κ1) is 14.1. The van der Waals surface area contributed by atoms with Gasteiger partial charge >= 0.3 is 0 Å².